The summed E-state index contributed by atoms with van der Waals surface area (Å²) >= 11 is 0. The molecule has 0 unspecified atom stereocenters. The standard InChI is InChI=1S/C25H27F3N4O4S/c1-25(2,3)18-6-8-19(9-7-18)32(24(33)31-10-12-37(34,35)13-11-31)15-17-5-4-16(14-20(17)26)22-29-30-23(36-22)21(27)28/h4-9,14,21H,10-13,15H2,1-3H3. The molecule has 0 radical (unpaired) electrons. The Bertz CT molecular complexity index is 1370. The summed E-state index contributed by atoms with van der Waals surface area (Å²) in [5.74, 6) is -2.08. The molecule has 4 rings (SSSR count). The molecule has 0 saturated carbocycles. The third-order valence-corrected chi connectivity index (χ3v) is 7.76. The molecule has 1 aromatic heterocycles. The van der Waals surface area contributed by atoms with Crippen molar-refractivity contribution in [1.29, 1.82) is 0 Å². The minimum atomic E-state index is -3.20. The Morgan fingerprint density at radius 1 is 1.08 bits per heavy atom. The predicted octanol–water partition coefficient (Wildman–Crippen LogP) is 4.97. The molecule has 2 heterocycles. The number of halogens is 3. The zero-order valence-electron chi connectivity index (χ0n) is 20.6. The summed E-state index contributed by atoms with van der Waals surface area (Å²) in [6.45, 7) is 6.12. The number of carbonyl (C=O) groups excluding carboxylic acids is 1. The number of anilines is 1. The van der Waals surface area contributed by atoms with Crippen molar-refractivity contribution in [2.45, 2.75) is 39.2 Å². The summed E-state index contributed by atoms with van der Waals surface area (Å²) in [6.07, 6.45) is -2.95. The molecule has 0 atom stereocenters. The molecule has 0 aliphatic carbocycles. The summed E-state index contributed by atoms with van der Waals surface area (Å²) < 4.78 is 69.3. The predicted molar refractivity (Wildman–Crippen MR) is 132 cm³/mol. The maximum Gasteiger partial charge on any atom is 0.324 e. The number of alkyl halides is 2. The Balaban J connectivity index is 1.63. The first-order chi connectivity index (χ1) is 17.3. The molecule has 1 aliphatic heterocycles. The van der Waals surface area contributed by atoms with Gasteiger partial charge in [-0.2, -0.15) is 8.78 Å². The van der Waals surface area contributed by atoms with Gasteiger partial charge < -0.3 is 9.32 Å². The molecule has 0 bridgehead atoms. The Morgan fingerprint density at radius 2 is 1.73 bits per heavy atom. The lowest BCUT2D eigenvalue weighted by Gasteiger charge is -2.33. The monoisotopic (exact) mass is 536 g/mol. The van der Waals surface area contributed by atoms with Gasteiger partial charge in [0.2, 0.25) is 5.89 Å². The second-order valence-electron chi connectivity index (χ2n) is 9.86. The summed E-state index contributed by atoms with van der Waals surface area (Å²) in [5, 5.41) is 6.78. The van der Waals surface area contributed by atoms with Gasteiger partial charge in [0, 0.05) is 29.9 Å². The van der Waals surface area contributed by atoms with E-state index in [1.807, 2.05) is 12.1 Å². The van der Waals surface area contributed by atoms with E-state index in [-0.39, 0.29) is 53.6 Å². The quantitative estimate of drug-likeness (QED) is 0.457. The van der Waals surface area contributed by atoms with Crippen molar-refractivity contribution in [2.24, 2.45) is 0 Å². The number of aromatic nitrogens is 2. The van der Waals surface area contributed by atoms with Crippen LogP contribution in [0.2, 0.25) is 0 Å². The smallest absolute Gasteiger partial charge is 0.324 e. The lowest BCUT2D eigenvalue weighted by atomic mass is 9.87. The van der Waals surface area contributed by atoms with E-state index >= 15 is 4.39 Å². The van der Waals surface area contributed by atoms with Crippen molar-refractivity contribution in [3.8, 4) is 11.5 Å². The number of hydrogen-bond acceptors (Lipinski definition) is 6. The van der Waals surface area contributed by atoms with E-state index < -0.39 is 34.0 Å². The molecule has 2 aromatic carbocycles. The van der Waals surface area contributed by atoms with Crippen LogP contribution in [0.5, 0.6) is 0 Å². The van der Waals surface area contributed by atoms with Crippen LogP contribution in [-0.2, 0) is 21.8 Å². The lowest BCUT2D eigenvalue weighted by molar-refractivity contribution is 0.116. The number of hydrogen-bond donors (Lipinski definition) is 0. The van der Waals surface area contributed by atoms with Crippen molar-refractivity contribution in [2.75, 3.05) is 29.5 Å². The largest absolute Gasteiger partial charge is 0.415 e. The highest BCUT2D eigenvalue weighted by Gasteiger charge is 2.30. The van der Waals surface area contributed by atoms with Crippen molar-refractivity contribution in [3.63, 3.8) is 0 Å². The molecule has 198 valence electrons. The normalized spacial score (nSPS) is 15.7. The summed E-state index contributed by atoms with van der Waals surface area (Å²) in [7, 11) is -3.20. The van der Waals surface area contributed by atoms with Gasteiger partial charge in [-0.15, -0.1) is 10.2 Å². The highest BCUT2D eigenvalue weighted by Crippen LogP contribution is 2.29. The van der Waals surface area contributed by atoms with Crippen LogP contribution < -0.4 is 4.90 Å². The third kappa shape index (κ3) is 6.12. The van der Waals surface area contributed by atoms with E-state index in [1.165, 1.54) is 21.9 Å². The first-order valence-corrected chi connectivity index (χ1v) is 13.4. The molecular formula is C25H27F3N4O4S. The number of urea groups is 1. The van der Waals surface area contributed by atoms with Crippen molar-refractivity contribution in [1.82, 2.24) is 15.1 Å². The fourth-order valence-electron chi connectivity index (χ4n) is 3.90. The van der Waals surface area contributed by atoms with Crippen LogP contribution in [0, 0.1) is 5.82 Å². The van der Waals surface area contributed by atoms with Gasteiger partial charge in [0.05, 0.1) is 18.1 Å². The number of rotatable bonds is 5. The summed E-state index contributed by atoms with van der Waals surface area (Å²) in [4.78, 5) is 16.3. The van der Waals surface area contributed by atoms with E-state index in [2.05, 4.69) is 31.0 Å². The first-order valence-electron chi connectivity index (χ1n) is 11.6. The third-order valence-electron chi connectivity index (χ3n) is 6.15. The highest BCUT2D eigenvalue weighted by molar-refractivity contribution is 7.91. The van der Waals surface area contributed by atoms with Gasteiger partial charge in [0.1, 0.15) is 5.82 Å². The van der Waals surface area contributed by atoms with Gasteiger partial charge in [-0.1, -0.05) is 39.0 Å². The number of sulfone groups is 1. The summed E-state index contributed by atoms with van der Waals surface area (Å²) in [6, 6.07) is 10.8. The van der Waals surface area contributed by atoms with Crippen LogP contribution in [0.25, 0.3) is 11.5 Å². The highest BCUT2D eigenvalue weighted by atomic mass is 32.2. The van der Waals surface area contributed by atoms with Crippen LogP contribution >= 0.6 is 0 Å². The Labute approximate surface area is 213 Å². The van der Waals surface area contributed by atoms with E-state index in [0.717, 1.165) is 11.6 Å². The average molecular weight is 537 g/mol. The first kappa shape index (κ1) is 26.6. The Hall–Kier alpha value is -3.41. The number of benzene rings is 2. The van der Waals surface area contributed by atoms with Crippen LogP contribution in [0.4, 0.5) is 23.7 Å². The minimum absolute atomic E-state index is 0.0444. The maximum atomic E-state index is 15.1. The van der Waals surface area contributed by atoms with Crippen molar-refractivity contribution >= 4 is 21.6 Å². The molecule has 1 aliphatic rings. The molecule has 3 aromatic rings. The number of carbonyl (C=O) groups is 1. The van der Waals surface area contributed by atoms with Gasteiger partial charge in [-0.25, -0.2) is 17.6 Å². The second kappa shape index (κ2) is 10.2. The fourth-order valence-corrected chi connectivity index (χ4v) is 5.10. The van der Waals surface area contributed by atoms with Gasteiger partial charge in [-0.05, 0) is 35.2 Å². The molecule has 0 N–H and O–H groups in total. The van der Waals surface area contributed by atoms with E-state index in [4.69, 9.17) is 4.42 Å². The number of nitrogens with zero attached hydrogens (tertiary/aromatic N) is 4. The van der Waals surface area contributed by atoms with E-state index in [9.17, 15) is 22.0 Å². The van der Waals surface area contributed by atoms with Crippen LogP contribution in [0.1, 0.15) is 44.2 Å². The second-order valence-corrected chi connectivity index (χ2v) is 12.2. The van der Waals surface area contributed by atoms with Gasteiger partial charge in [-0.3, -0.25) is 4.90 Å². The topological polar surface area (TPSA) is 96.6 Å². The van der Waals surface area contributed by atoms with Crippen molar-refractivity contribution in [3.05, 3.63) is 65.3 Å². The Morgan fingerprint density at radius 3 is 2.27 bits per heavy atom. The zero-order valence-corrected chi connectivity index (χ0v) is 21.4. The molecule has 0 spiro atoms. The molecule has 2 amide bonds. The lowest BCUT2D eigenvalue weighted by Crippen LogP contribution is -2.49. The summed E-state index contributed by atoms with van der Waals surface area (Å²) in [5.41, 5.74) is 1.74. The zero-order chi connectivity index (χ0) is 27.0. The van der Waals surface area contributed by atoms with Gasteiger partial charge in [0.25, 0.3) is 5.89 Å². The fraction of sp³-hybridized carbons (Fsp3) is 0.400. The van der Waals surface area contributed by atoms with Crippen LogP contribution in [-0.4, -0.2) is 54.1 Å². The molecule has 37 heavy (non-hydrogen) atoms. The maximum absolute atomic E-state index is 15.1. The molecular weight excluding hydrogens is 509 g/mol. The molecule has 1 fully saturated rings. The molecule has 8 nitrogen and oxygen atoms in total. The average Bonchev–Trinajstić information content (AvgIpc) is 3.33. The van der Waals surface area contributed by atoms with E-state index in [1.54, 1.807) is 12.1 Å². The number of amides is 2. The van der Waals surface area contributed by atoms with Crippen LogP contribution in [0.3, 0.4) is 0 Å². The van der Waals surface area contributed by atoms with Crippen LogP contribution in [0.15, 0.2) is 46.9 Å². The SMILES string of the molecule is CC(C)(C)c1ccc(N(Cc2ccc(-c3nnc(C(F)F)o3)cc2F)C(=O)N2CCS(=O)(=O)CC2)cc1. The van der Waals surface area contributed by atoms with Gasteiger partial charge >= 0.3 is 12.5 Å². The minimum Gasteiger partial charge on any atom is -0.415 e. The van der Waals surface area contributed by atoms with E-state index in [0.29, 0.717) is 5.69 Å². The van der Waals surface area contributed by atoms with Crippen molar-refractivity contribution < 1.29 is 30.8 Å². The molecule has 1 saturated heterocycles. The Kier molecular flexibility index (Phi) is 7.31. The van der Waals surface area contributed by atoms with Gasteiger partial charge in [0.15, 0.2) is 9.84 Å². The molecule has 12 heteroatoms.